The van der Waals surface area contributed by atoms with E-state index in [-0.39, 0.29) is 5.91 Å². The minimum atomic E-state index is 0.137. The first-order chi connectivity index (χ1) is 7.70. The maximum absolute atomic E-state index is 11.8. The average molecular weight is 214 g/mol. The summed E-state index contributed by atoms with van der Waals surface area (Å²) in [6, 6.07) is 9.21. The Morgan fingerprint density at radius 2 is 2.31 bits per heavy atom. The van der Waals surface area contributed by atoms with Gasteiger partial charge >= 0.3 is 0 Å². The van der Waals surface area contributed by atoms with Crippen LogP contribution in [0.25, 0.3) is 0 Å². The molecule has 0 aromatic heterocycles. The van der Waals surface area contributed by atoms with Gasteiger partial charge < -0.3 is 4.90 Å². The van der Waals surface area contributed by atoms with Crippen LogP contribution in [0.15, 0.2) is 24.3 Å². The van der Waals surface area contributed by atoms with Gasteiger partial charge in [0.1, 0.15) is 0 Å². The Labute approximate surface area is 95.3 Å². The van der Waals surface area contributed by atoms with Crippen molar-refractivity contribution < 1.29 is 4.79 Å². The molecular formula is C13H14N2O. The van der Waals surface area contributed by atoms with Gasteiger partial charge in [-0.2, -0.15) is 5.26 Å². The van der Waals surface area contributed by atoms with Crippen molar-refractivity contribution in [2.45, 2.75) is 19.3 Å². The van der Waals surface area contributed by atoms with Crippen molar-refractivity contribution in [3.05, 3.63) is 29.8 Å². The van der Waals surface area contributed by atoms with Gasteiger partial charge in [-0.05, 0) is 37.0 Å². The lowest BCUT2D eigenvalue weighted by molar-refractivity contribution is -0.118. The molecule has 0 bridgehead atoms. The third-order valence-corrected chi connectivity index (χ3v) is 2.90. The lowest BCUT2D eigenvalue weighted by Gasteiger charge is -2.17. The fourth-order valence-electron chi connectivity index (χ4n) is 1.63. The van der Waals surface area contributed by atoms with Crippen LogP contribution in [0.4, 0.5) is 5.69 Å². The van der Waals surface area contributed by atoms with Gasteiger partial charge in [0.05, 0.1) is 11.6 Å². The smallest absolute Gasteiger partial charge is 0.226 e. The highest BCUT2D eigenvalue weighted by atomic mass is 16.2. The van der Waals surface area contributed by atoms with Crippen LogP contribution >= 0.6 is 0 Å². The summed E-state index contributed by atoms with van der Waals surface area (Å²) in [4.78, 5) is 13.5. The highest BCUT2D eigenvalue weighted by Crippen LogP contribution is 2.33. The minimum Gasteiger partial charge on any atom is -0.315 e. The zero-order chi connectivity index (χ0) is 11.5. The average Bonchev–Trinajstić information content (AvgIpc) is 3.12. The van der Waals surface area contributed by atoms with Crippen LogP contribution in [0.1, 0.15) is 24.8 Å². The zero-order valence-electron chi connectivity index (χ0n) is 9.31. The highest BCUT2D eigenvalue weighted by molar-refractivity contribution is 5.93. The van der Waals surface area contributed by atoms with Gasteiger partial charge in [-0.3, -0.25) is 4.79 Å². The summed E-state index contributed by atoms with van der Waals surface area (Å²) >= 11 is 0. The van der Waals surface area contributed by atoms with Crippen LogP contribution in [-0.2, 0) is 4.79 Å². The largest absolute Gasteiger partial charge is 0.315 e. The predicted molar refractivity (Wildman–Crippen MR) is 61.9 cm³/mol. The molecule has 0 radical (unpaired) electrons. The third-order valence-electron chi connectivity index (χ3n) is 2.90. The second kappa shape index (κ2) is 4.36. The van der Waals surface area contributed by atoms with Crippen molar-refractivity contribution in [3.8, 4) is 6.07 Å². The summed E-state index contributed by atoms with van der Waals surface area (Å²) in [5, 5.41) is 8.78. The second-order valence-corrected chi connectivity index (χ2v) is 4.26. The van der Waals surface area contributed by atoms with Crippen molar-refractivity contribution in [3.63, 3.8) is 0 Å². The van der Waals surface area contributed by atoms with Crippen LogP contribution in [0.2, 0.25) is 0 Å². The second-order valence-electron chi connectivity index (χ2n) is 4.26. The molecule has 0 heterocycles. The number of carbonyl (C=O) groups excluding carboxylic acids is 1. The number of amides is 1. The predicted octanol–water partition coefficient (Wildman–Crippen LogP) is 2.32. The molecule has 0 atom stereocenters. The summed E-state index contributed by atoms with van der Waals surface area (Å²) in [6.07, 6.45) is 2.99. The normalized spacial score (nSPS) is 14.2. The molecule has 1 saturated carbocycles. The summed E-state index contributed by atoms with van der Waals surface area (Å²) in [6.45, 7) is 0. The fraction of sp³-hybridized carbons (Fsp3) is 0.385. The molecular weight excluding hydrogens is 200 g/mol. The lowest BCUT2D eigenvalue weighted by atomic mass is 10.2. The van der Waals surface area contributed by atoms with E-state index in [1.807, 2.05) is 6.07 Å². The van der Waals surface area contributed by atoms with E-state index in [0.29, 0.717) is 17.9 Å². The van der Waals surface area contributed by atoms with E-state index in [0.717, 1.165) is 5.69 Å². The number of rotatable bonds is 3. The van der Waals surface area contributed by atoms with Gasteiger partial charge in [0, 0.05) is 19.2 Å². The molecule has 0 aliphatic heterocycles. The van der Waals surface area contributed by atoms with Crippen LogP contribution < -0.4 is 4.90 Å². The van der Waals surface area contributed by atoms with Crippen LogP contribution in [0, 0.1) is 17.2 Å². The Balaban J connectivity index is 2.09. The van der Waals surface area contributed by atoms with E-state index in [9.17, 15) is 4.79 Å². The van der Waals surface area contributed by atoms with Gasteiger partial charge in [-0.1, -0.05) is 6.07 Å². The van der Waals surface area contributed by atoms with Crippen molar-refractivity contribution in [2.24, 2.45) is 5.92 Å². The van der Waals surface area contributed by atoms with E-state index < -0.39 is 0 Å². The SMILES string of the molecule is CN(C(=O)CC1CC1)c1cccc(C#N)c1. The summed E-state index contributed by atoms with van der Waals surface area (Å²) in [5.41, 5.74) is 1.38. The molecule has 1 aromatic rings. The van der Waals surface area contributed by atoms with Gasteiger partial charge in [0.2, 0.25) is 5.91 Å². The van der Waals surface area contributed by atoms with E-state index in [1.165, 1.54) is 12.8 Å². The van der Waals surface area contributed by atoms with Crippen LogP contribution in [0.5, 0.6) is 0 Å². The molecule has 0 unspecified atom stereocenters. The minimum absolute atomic E-state index is 0.137. The van der Waals surface area contributed by atoms with E-state index in [1.54, 1.807) is 30.1 Å². The maximum Gasteiger partial charge on any atom is 0.226 e. The molecule has 1 aliphatic rings. The quantitative estimate of drug-likeness (QED) is 0.775. The van der Waals surface area contributed by atoms with Crippen molar-refractivity contribution in [1.29, 1.82) is 5.26 Å². The van der Waals surface area contributed by atoms with E-state index >= 15 is 0 Å². The first-order valence-corrected chi connectivity index (χ1v) is 5.47. The molecule has 16 heavy (non-hydrogen) atoms. The Hall–Kier alpha value is -1.82. The summed E-state index contributed by atoms with van der Waals surface area (Å²) in [5.74, 6) is 0.728. The molecule has 2 rings (SSSR count). The lowest BCUT2D eigenvalue weighted by Crippen LogP contribution is -2.26. The number of benzene rings is 1. The fourth-order valence-corrected chi connectivity index (χ4v) is 1.63. The number of nitrogens with zero attached hydrogens (tertiary/aromatic N) is 2. The van der Waals surface area contributed by atoms with Crippen molar-refractivity contribution in [2.75, 3.05) is 11.9 Å². The van der Waals surface area contributed by atoms with Gasteiger partial charge in [0.25, 0.3) is 0 Å². The molecule has 3 nitrogen and oxygen atoms in total. The number of anilines is 1. The third kappa shape index (κ3) is 2.40. The van der Waals surface area contributed by atoms with E-state index in [4.69, 9.17) is 5.26 Å². The molecule has 1 aromatic carbocycles. The Kier molecular flexibility index (Phi) is 2.91. The summed E-state index contributed by atoms with van der Waals surface area (Å²) in [7, 11) is 1.77. The monoisotopic (exact) mass is 214 g/mol. The van der Waals surface area contributed by atoms with Crippen LogP contribution in [0.3, 0.4) is 0 Å². The van der Waals surface area contributed by atoms with Gasteiger partial charge in [-0.25, -0.2) is 0 Å². The first kappa shape index (κ1) is 10.7. The molecule has 1 fully saturated rings. The first-order valence-electron chi connectivity index (χ1n) is 5.47. The topological polar surface area (TPSA) is 44.1 Å². The summed E-state index contributed by atoms with van der Waals surface area (Å²) < 4.78 is 0. The van der Waals surface area contributed by atoms with Crippen molar-refractivity contribution >= 4 is 11.6 Å². The number of hydrogen-bond acceptors (Lipinski definition) is 2. The number of nitriles is 1. The zero-order valence-corrected chi connectivity index (χ0v) is 9.31. The van der Waals surface area contributed by atoms with Gasteiger partial charge in [0.15, 0.2) is 0 Å². The Bertz CT molecular complexity index is 443. The molecule has 1 amide bonds. The van der Waals surface area contributed by atoms with Crippen LogP contribution in [-0.4, -0.2) is 13.0 Å². The van der Waals surface area contributed by atoms with Crippen molar-refractivity contribution in [1.82, 2.24) is 0 Å². The molecule has 0 spiro atoms. The Morgan fingerprint density at radius 1 is 1.56 bits per heavy atom. The molecule has 0 N–H and O–H groups in total. The standard InChI is InChI=1S/C13H14N2O/c1-15(13(16)8-10-5-6-10)12-4-2-3-11(7-12)9-14/h2-4,7,10H,5-6,8H2,1H3. The molecule has 82 valence electrons. The number of hydrogen-bond donors (Lipinski definition) is 0. The molecule has 3 heteroatoms. The van der Waals surface area contributed by atoms with Gasteiger partial charge in [-0.15, -0.1) is 0 Å². The molecule has 1 aliphatic carbocycles. The Morgan fingerprint density at radius 3 is 2.94 bits per heavy atom. The maximum atomic E-state index is 11.8. The number of carbonyl (C=O) groups is 1. The molecule has 0 saturated heterocycles. The van der Waals surface area contributed by atoms with E-state index in [2.05, 4.69) is 6.07 Å². The highest BCUT2D eigenvalue weighted by Gasteiger charge is 2.26.